The molecule has 92 valence electrons. The molecule has 1 aromatic carbocycles. The van der Waals surface area contributed by atoms with E-state index in [9.17, 15) is 4.79 Å². The zero-order chi connectivity index (χ0) is 13.0. The summed E-state index contributed by atoms with van der Waals surface area (Å²) in [5.74, 6) is 0.636. The molecular formula is C14H15N3O. The molecule has 2 aromatic rings. The summed E-state index contributed by atoms with van der Waals surface area (Å²) in [6, 6.07) is 11.1. The summed E-state index contributed by atoms with van der Waals surface area (Å²) in [7, 11) is 1.80. The molecule has 1 heterocycles. The Balaban J connectivity index is 2.08. The van der Waals surface area contributed by atoms with E-state index >= 15 is 0 Å². The van der Waals surface area contributed by atoms with E-state index in [1.54, 1.807) is 25.4 Å². The van der Waals surface area contributed by atoms with Gasteiger partial charge in [0, 0.05) is 12.6 Å². The van der Waals surface area contributed by atoms with E-state index in [1.165, 1.54) is 0 Å². The van der Waals surface area contributed by atoms with Crippen LogP contribution >= 0.6 is 0 Å². The number of rotatable bonds is 3. The zero-order valence-corrected chi connectivity index (χ0v) is 10.4. The highest BCUT2D eigenvalue weighted by molar-refractivity contribution is 6.04. The number of nitrogens with one attached hydrogen (secondary N) is 2. The van der Waals surface area contributed by atoms with Crippen molar-refractivity contribution in [2.75, 3.05) is 17.7 Å². The Kier molecular flexibility index (Phi) is 3.57. The van der Waals surface area contributed by atoms with Crippen LogP contribution in [0.4, 0.5) is 11.5 Å². The Hall–Kier alpha value is -2.36. The molecule has 1 amide bonds. The van der Waals surface area contributed by atoms with Crippen molar-refractivity contribution >= 4 is 17.4 Å². The minimum Gasteiger partial charge on any atom is -0.373 e. The van der Waals surface area contributed by atoms with Crippen molar-refractivity contribution in [2.45, 2.75) is 6.92 Å². The molecular weight excluding hydrogens is 226 g/mol. The van der Waals surface area contributed by atoms with Crippen LogP contribution in [0, 0.1) is 6.92 Å². The zero-order valence-electron chi connectivity index (χ0n) is 10.4. The van der Waals surface area contributed by atoms with Crippen molar-refractivity contribution in [1.29, 1.82) is 0 Å². The average molecular weight is 241 g/mol. The molecule has 0 unspecified atom stereocenters. The number of pyridine rings is 1. The summed E-state index contributed by atoms with van der Waals surface area (Å²) < 4.78 is 0. The lowest BCUT2D eigenvalue weighted by molar-refractivity contribution is 0.102. The lowest BCUT2D eigenvalue weighted by Crippen LogP contribution is -2.12. The van der Waals surface area contributed by atoms with Crippen molar-refractivity contribution < 1.29 is 4.79 Å². The van der Waals surface area contributed by atoms with Crippen LogP contribution in [0.3, 0.4) is 0 Å². The van der Waals surface area contributed by atoms with Crippen molar-refractivity contribution in [3.05, 3.63) is 53.7 Å². The van der Waals surface area contributed by atoms with Gasteiger partial charge in [-0.25, -0.2) is 4.98 Å². The quantitative estimate of drug-likeness (QED) is 0.868. The maximum absolute atomic E-state index is 11.9. The number of hydrogen-bond acceptors (Lipinski definition) is 3. The minimum atomic E-state index is -0.131. The van der Waals surface area contributed by atoms with Gasteiger partial charge in [-0.3, -0.25) is 4.79 Å². The van der Waals surface area contributed by atoms with E-state index in [0.717, 1.165) is 11.4 Å². The predicted molar refractivity (Wildman–Crippen MR) is 72.9 cm³/mol. The fourth-order valence-corrected chi connectivity index (χ4v) is 1.52. The lowest BCUT2D eigenvalue weighted by Gasteiger charge is -2.06. The predicted octanol–water partition coefficient (Wildman–Crippen LogP) is 2.68. The van der Waals surface area contributed by atoms with Crippen LogP contribution in [-0.2, 0) is 0 Å². The molecule has 0 atom stereocenters. The van der Waals surface area contributed by atoms with Gasteiger partial charge in [0.15, 0.2) is 0 Å². The molecule has 4 heteroatoms. The first-order valence-corrected chi connectivity index (χ1v) is 5.71. The maximum Gasteiger partial charge on any atom is 0.255 e. The number of amides is 1. The number of carbonyl (C=O) groups is 1. The second-order valence-electron chi connectivity index (χ2n) is 4.00. The Bertz CT molecular complexity index is 532. The van der Waals surface area contributed by atoms with Crippen molar-refractivity contribution in [2.24, 2.45) is 0 Å². The van der Waals surface area contributed by atoms with E-state index in [-0.39, 0.29) is 5.91 Å². The van der Waals surface area contributed by atoms with Crippen molar-refractivity contribution in [3.8, 4) is 0 Å². The fourth-order valence-electron chi connectivity index (χ4n) is 1.52. The van der Waals surface area contributed by atoms with Gasteiger partial charge in [0.2, 0.25) is 0 Å². The molecule has 0 saturated carbocycles. The highest BCUT2D eigenvalue weighted by Crippen LogP contribution is 2.11. The third-order valence-corrected chi connectivity index (χ3v) is 2.59. The molecule has 18 heavy (non-hydrogen) atoms. The first-order chi connectivity index (χ1) is 8.69. The number of anilines is 2. The SMILES string of the molecule is CNc1ccc(NC(=O)c2ccc(C)cc2)cn1. The van der Waals surface area contributed by atoms with Crippen LogP contribution in [0.5, 0.6) is 0 Å². The second kappa shape index (κ2) is 5.31. The summed E-state index contributed by atoms with van der Waals surface area (Å²) in [6.07, 6.45) is 1.62. The van der Waals surface area contributed by atoms with Crippen LogP contribution in [0.15, 0.2) is 42.6 Å². The smallest absolute Gasteiger partial charge is 0.255 e. The van der Waals surface area contributed by atoms with Crippen LogP contribution in [0.1, 0.15) is 15.9 Å². The van der Waals surface area contributed by atoms with Gasteiger partial charge in [0.05, 0.1) is 11.9 Å². The number of nitrogens with zero attached hydrogens (tertiary/aromatic N) is 1. The normalized spacial score (nSPS) is 9.89. The molecule has 0 radical (unpaired) electrons. The second-order valence-corrected chi connectivity index (χ2v) is 4.00. The van der Waals surface area contributed by atoms with Crippen LogP contribution in [-0.4, -0.2) is 17.9 Å². The fraction of sp³-hybridized carbons (Fsp3) is 0.143. The number of hydrogen-bond donors (Lipinski definition) is 2. The maximum atomic E-state index is 11.9. The van der Waals surface area contributed by atoms with Gasteiger partial charge >= 0.3 is 0 Å². The van der Waals surface area contributed by atoms with Crippen LogP contribution in [0.2, 0.25) is 0 Å². The molecule has 0 spiro atoms. The third kappa shape index (κ3) is 2.85. The van der Waals surface area contributed by atoms with E-state index in [2.05, 4.69) is 15.6 Å². The topological polar surface area (TPSA) is 54.0 Å². The Labute approximate surface area is 106 Å². The van der Waals surface area contributed by atoms with Gasteiger partial charge in [0.1, 0.15) is 5.82 Å². The molecule has 0 aliphatic carbocycles. The van der Waals surface area contributed by atoms with Crippen LogP contribution in [0.25, 0.3) is 0 Å². The molecule has 0 saturated heterocycles. The first kappa shape index (κ1) is 12.1. The first-order valence-electron chi connectivity index (χ1n) is 5.71. The summed E-state index contributed by atoms with van der Waals surface area (Å²) >= 11 is 0. The van der Waals surface area contributed by atoms with E-state index in [0.29, 0.717) is 11.3 Å². The van der Waals surface area contributed by atoms with Crippen LogP contribution < -0.4 is 10.6 Å². The standard InChI is InChI=1S/C14H15N3O/c1-10-3-5-11(6-4-10)14(18)17-12-7-8-13(15-2)16-9-12/h3-9H,1-2H3,(H,15,16)(H,17,18). The number of aryl methyl sites for hydroxylation is 1. The average Bonchev–Trinajstić information content (AvgIpc) is 2.40. The Morgan fingerprint density at radius 2 is 1.83 bits per heavy atom. The number of aromatic nitrogens is 1. The highest BCUT2D eigenvalue weighted by atomic mass is 16.1. The van der Waals surface area contributed by atoms with E-state index in [4.69, 9.17) is 0 Å². The van der Waals surface area contributed by atoms with Gasteiger partial charge < -0.3 is 10.6 Å². The minimum absolute atomic E-state index is 0.131. The Morgan fingerprint density at radius 1 is 1.11 bits per heavy atom. The number of benzene rings is 1. The monoisotopic (exact) mass is 241 g/mol. The largest absolute Gasteiger partial charge is 0.373 e. The van der Waals surface area contributed by atoms with Gasteiger partial charge in [-0.1, -0.05) is 17.7 Å². The molecule has 2 rings (SSSR count). The highest BCUT2D eigenvalue weighted by Gasteiger charge is 2.05. The molecule has 2 N–H and O–H groups in total. The van der Waals surface area contributed by atoms with E-state index in [1.807, 2.05) is 31.2 Å². The van der Waals surface area contributed by atoms with E-state index < -0.39 is 0 Å². The van der Waals surface area contributed by atoms with Gasteiger partial charge in [0.25, 0.3) is 5.91 Å². The summed E-state index contributed by atoms with van der Waals surface area (Å²) in [4.78, 5) is 16.1. The van der Waals surface area contributed by atoms with Gasteiger partial charge in [-0.15, -0.1) is 0 Å². The molecule has 1 aromatic heterocycles. The summed E-state index contributed by atoms with van der Waals surface area (Å²) in [5.41, 5.74) is 2.45. The molecule has 4 nitrogen and oxygen atoms in total. The lowest BCUT2D eigenvalue weighted by atomic mass is 10.1. The van der Waals surface area contributed by atoms with Crippen molar-refractivity contribution in [1.82, 2.24) is 4.98 Å². The molecule has 0 fully saturated rings. The number of carbonyl (C=O) groups excluding carboxylic acids is 1. The Morgan fingerprint density at radius 3 is 2.39 bits per heavy atom. The summed E-state index contributed by atoms with van der Waals surface area (Å²) in [6.45, 7) is 1.99. The van der Waals surface area contributed by atoms with Gasteiger partial charge in [-0.2, -0.15) is 0 Å². The molecule has 0 aliphatic rings. The van der Waals surface area contributed by atoms with Crippen molar-refractivity contribution in [3.63, 3.8) is 0 Å². The van der Waals surface area contributed by atoms with Gasteiger partial charge in [-0.05, 0) is 31.2 Å². The third-order valence-electron chi connectivity index (χ3n) is 2.59. The summed E-state index contributed by atoms with van der Waals surface area (Å²) in [5, 5.41) is 5.72. The molecule has 0 bridgehead atoms. The molecule has 0 aliphatic heterocycles.